The number of hydrogen-bond donors (Lipinski definition) is 2. The van der Waals surface area contributed by atoms with Crippen LogP contribution in [0.3, 0.4) is 0 Å². The highest BCUT2D eigenvalue weighted by Crippen LogP contribution is 2.21. The third kappa shape index (κ3) is 2.09. The Labute approximate surface area is 115 Å². The Hall–Kier alpha value is -2.82. The first-order chi connectivity index (χ1) is 9.67. The lowest BCUT2D eigenvalue weighted by Crippen LogP contribution is -2.09. The number of benzene rings is 2. The topological polar surface area (TPSA) is 81.0 Å². The van der Waals surface area contributed by atoms with Crippen LogP contribution in [0.25, 0.3) is 22.3 Å². The van der Waals surface area contributed by atoms with E-state index in [1.807, 2.05) is 24.3 Å². The van der Waals surface area contributed by atoms with Crippen LogP contribution >= 0.6 is 0 Å². The van der Waals surface area contributed by atoms with Crippen molar-refractivity contribution in [2.45, 2.75) is 0 Å². The molecule has 0 amide bonds. The number of nitrogen functional groups attached to an aromatic ring is 1. The summed E-state index contributed by atoms with van der Waals surface area (Å²) in [4.78, 5) is 19.3. The Morgan fingerprint density at radius 3 is 2.85 bits per heavy atom. The van der Waals surface area contributed by atoms with E-state index >= 15 is 0 Å². The fourth-order valence-electron chi connectivity index (χ4n) is 2.06. The number of fused-ring (bicyclic) bond motifs is 1. The van der Waals surface area contributed by atoms with Gasteiger partial charge < -0.3 is 15.5 Å². The highest BCUT2D eigenvalue weighted by atomic mass is 16.5. The van der Waals surface area contributed by atoms with E-state index in [-0.39, 0.29) is 5.56 Å². The zero-order chi connectivity index (χ0) is 14.1. The fourth-order valence-corrected chi connectivity index (χ4v) is 2.06. The molecule has 0 radical (unpaired) electrons. The number of H-pyrrole nitrogens is 1. The number of rotatable bonds is 2. The molecule has 0 saturated carbocycles. The Kier molecular flexibility index (Phi) is 2.87. The smallest absolute Gasteiger partial charge is 0.259 e. The Balaban J connectivity index is 2.22. The summed E-state index contributed by atoms with van der Waals surface area (Å²) >= 11 is 0. The van der Waals surface area contributed by atoms with Crippen LogP contribution in [-0.2, 0) is 0 Å². The van der Waals surface area contributed by atoms with E-state index in [0.717, 1.165) is 5.56 Å². The summed E-state index contributed by atoms with van der Waals surface area (Å²) in [6.07, 6.45) is 0. The first-order valence-electron chi connectivity index (χ1n) is 6.11. The maximum atomic E-state index is 12.1. The van der Waals surface area contributed by atoms with Crippen molar-refractivity contribution < 1.29 is 4.74 Å². The minimum Gasteiger partial charge on any atom is -0.497 e. The van der Waals surface area contributed by atoms with Crippen LogP contribution in [0.15, 0.2) is 47.3 Å². The van der Waals surface area contributed by atoms with Gasteiger partial charge in [-0.2, -0.15) is 0 Å². The van der Waals surface area contributed by atoms with Crippen molar-refractivity contribution in [1.82, 2.24) is 9.97 Å². The van der Waals surface area contributed by atoms with E-state index in [0.29, 0.717) is 28.2 Å². The highest BCUT2D eigenvalue weighted by Gasteiger charge is 2.07. The third-order valence-corrected chi connectivity index (χ3v) is 3.07. The molecule has 5 nitrogen and oxygen atoms in total. The molecular formula is C15H13N3O2. The molecule has 100 valence electrons. The van der Waals surface area contributed by atoms with E-state index < -0.39 is 0 Å². The second kappa shape index (κ2) is 4.70. The van der Waals surface area contributed by atoms with Crippen molar-refractivity contribution in [1.29, 1.82) is 0 Å². The summed E-state index contributed by atoms with van der Waals surface area (Å²) in [7, 11) is 1.60. The molecule has 0 aliphatic heterocycles. The quantitative estimate of drug-likeness (QED) is 0.697. The van der Waals surface area contributed by atoms with Gasteiger partial charge in [-0.05, 0) is 30.3 Å². The van der Waals surface area contributed by atoms with E-state index in [2.05, 4.69) is 9.97 Å². The van der Waals surface area contributed by atoms with Crippen molar-refractivity contribution in [3.8, 4) is 17.1 Å². The van der Waals surface area contributed by atoms with Gasteiger partial charge in [0.25, 0.3) is 5.56 Å². The summed E-state index contributed by atoms with van der Waals surface area (Å²) in [5.74, 6) is 1.22. The lowest BCUT2D eigenvalue weighted by Gasteiger charge is -2.05. The lowest BCUT2D eigenvalue weighted by molar-refractivity contribution is 0.415. The molecule has 0 spiro atoms. The summed E-state index contributed by atoms with van der Waals surface area (Å²) in [5.41, 5.74) is 7.42. The molecule has 5 heteroatoms. The Bertz CT molecular complexity index is 840. The predicted molar refractivity (Wildman–Crippen MR) is 78.8 cm³/mol. The van der Waals surface area contributed by atoms with Crippen LogP contribution in [0.1, 0.15) is 0 Å². The minimum atomic E-state index is -0.208. The normalized spacial score (nSPS) is 10.7. The van der Waals surface area contributed by atoms with E-state index in [9.17, 15) is 4.79 Å². The lowest BCUT2D eigenvalue weighted by atomic mass is 10.1. The summed E-state index contributed by atoms with van der Waals surface area (Å²) < 4.78 is 5.17. The van der Waals surface area contributed by atoms with Gasteiger partial charge in [0.2, 0.25) is 0 Å². The monoisotopic (exact) mass is 267 g/mol. The summed E-state index contributed by atoms with van der Waals surface area (Å²) in [6, 6.07) is 12.5. The van der Waals surface area contributed by atoms with E-state index in [4.69, 9.17) is 10.5 Å². The molecule has 20 heavy (non-hydrogen) atoms. The molecule has 3 N–H and O–H groups in total. The van der Waals surface area contributed by atoms with E-state index in [1.54, 1.807) is 25.3 Å². The molecule has 1 aromatic heterocycles. The Morgan fingerprint density at radius 1 is 1.20 bits per heavy atom. The van der Waals surface area contributed by atoms with Gasteiger partial charge in [-0.15, -0.1) is 0 Å². The standard InChI is InChI=1S/C15H13N3O2/c1-20-11-4-2-3-9(7-11)14-17-13-6-5-10(16)8-12(13)15(19)18-14/h2-8H,16H2,1H3,(H,17,18,19). The largest absolute Gasteiger partial charge is 0.497 e. The van der Waals surface area contributed by atoms with Crippen LogP contribution in [0, 0.1) is 0 Å². The fraction of sp³-hybridized carbons (Fsp3) is 0.0667. The van der Waals surface area contributed by atoms with Gasteiger partial charge >= 0.3 is 0 Å². The number of nitrogens with one attached hydrogen (secondary N) is 1. The van der Waals surface area contributed by atoms with Gasteiger partial charge in [-0.3, -0.25) is 4.79 Å². The average Bonchev–Trinajstić information content (AvgIpc) is 2.48. The van der Waals surface area contributed by atoms with Gasteiger partial charge in [-0.1, -0.05) is 12.1 Å². The van der Waals surface area contributed by atoms with E-state index in [1.165, 1.54) is 0 Å². The van der Waals surface area contributed by atoms with Crippen LogP contribution < -0.4 is 16.0 Å². The van der Waals surface area contributed by atoms with Crippen LogP contribution in [0.2, 0.25) is 0 Å². The number of nitrogens with two attached hydrogens (primary N) is 1. The summed E-state index contributed by atoms with van der Waals surface area (Å²) in [5, 5.41) is 0.483. The molecule has 3 aromatic rings. The molecule has 0 aliphatic carbocycles. The van der Waals surface area contributed by atoms with Gasteiger partial charge in [0.15, 0.2) is 0 Å². The second-order valence-electron chi connectivity index (χ2n) is 4.42. The SMILES string of the molecule is COc1cccc(-c2nc3ccc(N)cc3c(=O)[nH]2)c1. The number of aromatic amines is 1. The minimum absolute atomic E-state index is 0.208. The van der Waals surface area contributed by atoms with Crippen LogP contribution in [0.5, 0.6) is 5.75 Å². The van der Waals surface area contributed by atoms with Crippen LogP contribution in [0.4, 0.5) is 5.69 Å². The first-order valence-corrected chi connectivity index (χ1v) is 6.11. The molecule has 0 unspecified atom stereocenters. The molecule has 3 rings (SSSR count). The van der Waals surface area contributed by atoms with Crippen LogP contribution in [-0.4, -0.2) is 17.1 Å². The van der Waals surface area contributed by atoms with Gasteiger partial charge in [-0.25, -0.2) is 4.98 Å². The highest BCUT2D eigenvalue weighted by molar-refractivity contribution is 5.82. The van der Waals surface area contributed by atoms with Crippen molar-refractivity contribution in [2.75, 3.05) is 12.8 Å². The van der Waals surface area contributed by atoms with Gasteiger partial charge in [0.1, 0.15) is 11.6 Å². The molecular weight excluding hydrogens is 254 g/mol. The average molecular weight is 267 g/mol. The Morgan fingerprint density at radius 2 is 2.05 bits per heavy atom. The number of nitrogens with zero attached hydrogens (tertiary/aromatic N) is 1. The maximum absolute atomic E-state index is 12.1. The summed E-state index contributed by atoms with van der Waals surface area (Å²) in [6.45, 7) is 0. The number of ether oxygens (including phenoxy) is 1. The molecule has 2 aromatic carbocycles. The molecule has 0 atom stereocenters. The predicted octanol–water partition coefficient (Wildman–Crippen LogP) is 2.18. The van der Waals surface area contributed by atoms with Crippen molar-refractivity contribution >= 4 is 16.6 Å². The molecule has 0 bridgehead atoms. The van der Waals surface area contributed by atoms with Crippen molar-refractivity contribution in [3.05, 3.63) is 52.8 Å². The van der Waals surface area contributed by atoms with Crippen molar-refractivity contribution in [3.63, 3.8) is 0 Å². The number of hydrogen-bond acceptors (Lipinski definition) is 4. The third-order valence-electron chi connectivity index (χ3n) is 3.07. The van der Waals surface area contributed by atoms with Crippen molar-refractivity contribution in [2.24, 2.45) is 0 Å². The van der Waals surface area contributed by atoms with Gasteiger partial charge in [0.05, 0.1) is 18.0 Å². The number of methoxy groups -OCH3 is 1. The number of anilines is 1. The zero-order valence-corrected chi connectivity index (χ0v) is 10.9. The molecule has 0 saturated heterocycles. The zero-order valence-electron chi connectivity index (χ0n) is 10.9. The molecule has 0 fully saturated rings. The van der Waals surface area contributed by atoms with Gasteiger partial charge in [0, 0.05) is 11.3 Å². The molecule has 1 heterocycles. The maximum Gasteiger partial charge on any atom is 0.259 e. The number of aromatic nitrogens is 2. The first kappa shape index (κ1) is 12.2. The second-order valence-corrected chi connectivity index (χ2v) is 4.42. The molecule has 0 aliphatic rings.